The van der Waals surface area contributed by atoms with E-state index in [-0.39, 0.29) is 5.97 Å². The van der Waals surface area contributed by atoms with Crippen LogP contribution in [0.4, 0.5) is 5.69 Å². The third-order valence-electron chi connectivity index (χ3n) is 6.45. The second-order valence-corrected chi connectivity index (χ2v) is 8.54. The monoisotopic (exact) mass is 399 g/mol. The van der Waals surface area contributed by atoms with Gasteiger partial charge in [0.15, 0.2) is 5.65 Å². The smallest absolute Gasteiger partial charge is 0.341 e. The molecule has 7 heteroatoms. The number of aryl methyl sites for hydroxylation is 2. The number of pyridine rings is 1. The number of ether oxygens (including phenoxy) is 1. The van der Waals surface area contributed by atoms with Crippen LogP contribution in [0.15, 0.2) is 6.20 Å². The Morgan fingerprint density at radius 3 is 2.66 bits per heavy atom. The summed E-state index contributed by atoms with van der Waals surface area (Å²) < 4.78 is 7.06. The minimum Gasteiger partial charge on any atom is -0.462 e. The van der Waals surface area contributed by atoms with Crippen LogP contribution in [0.3, 0.4) is 0 Å². The zero-order valence-corrected chi connectivity index (χ0v) is 17.9. The van der Waals surface area contributed by atoms with E-state index in [4.69, 9.17) is 4.74 Å². The number of hydrogen-bond donors (Lipinski definition) is 1. The molecule has 1 saturated heterocycles. The van der Waals surface area contributed by atoms with Gasteiger partial charge in [-0.25, -0.2) is 9.78 Å². The number of esters is 1. The number of fused-ring (bicyclic) bond motifs is 1. The first-order valence-corrected chi connectivity index (χ1v) is 11.0. The van der Waals surface area contributed by atoms with Crippen molar-refractivity contribution in [2.45, 2.75) is 58.4 Å². The van der Waals surface area contributed by atoms with E-state index in [1.165, 1.54) is 32.2 Å². The fraction of sp³-hybridized carbons (Fsp3) is 0.682. The first-order chi connectivity index (χ1) is 14.1. The van der Waals surface area contributed by atoms with Crippen molar-refractivity contribution in [3.05, 3.63) is 17.5 Å². The molecular formula is C22H33N5O2. The van der Waals surface area contributed by atoms with Crippen LogP contribution >= 0.6 is 0 Å². The number of likely N-dealkylation sites (tertiary alicyclic amines) is 1. The van der Waals surface area contributed by atoms with Gasteiger partial charge in [-0.1, -0.05) is 12.8 Å². The largest absolute Gasteiger partial charge is 0.462 e. The van der Waals surface area contributed by atoms with E-state index >= 15 is 0 Å². The van der Waals surface area contributed by atoms with Gasteiger partial charge in [0.1, 0.15) is 5.56 Å². The summed E-state index contributed by atoms with van der Waals surface area (Å²) in [6.07, 6.45) is 9.39. The van der Waals surface area contributed by atoms with Gasteiger partial charge in [-0.2, -0.15) is 5.10 Å². The van der Waals surface area contributed by atoms with Crippen molar-refractivity contribution in [2.24, 2.45) is 13.0 Å². The van der Waals surface area contributed by atoms with Gasteiger partial charge >= 0.3 is 5.97 Å². The highest BCUT2D eigenvalue weighted by atomic mass is 16.5. The number of rotatable bonds is 6. The number of nitrogens with zero attached hydrogens (tertiary/aromatic N) is 4. The lowest BCUT2D eigenvalue weighted by Gasteiger charge is -2.34. The molecule has 2 fully saturated rings. The van der Waals surface area contributed by atoms with E-state index in [1.807, 2.05) is 20.9 Å². The van der Waals surface area contributed by atoms with Crippen LogP contribution in [0.1, 0.15) is 61.5 Å². The molecule has 3 heterocycles. The Kier molecular flexibility index (Phi) is 6.04. The fourth-order valence-electron chi connectivity index (χ4n) is 4.95. The Hall–Kier alpha value is -2.15. The molecule has 2 aliphatic rings. The van der Waals surface area contributed by atoms with Gasteiger partial charge in [-0.05, 0) is 45.4 Å². The third-order valence-corrected chi connectivity index (χ3v) is 6.45. The molecule has 4 rings (SSSR count). The summed E-state index contributed by atoms with van der Waals surface area (Å²) >= 11 is 0. The maximum absolute atomic E-state index is 12.6. The van der Waals surface area contributed by atoms with Crippen molar-refractivity contribution < 1.29 is 9.53 Å². The van der Waals surface area contributed by atoms with Gasteiger partial charge in [0, 0.05) is 38.9 Å². The Morgan fingerprint density at radius 1 is 1.24 bits per heavy atom. The highest BCUT2D eigenvalue weighted by Gasteiger charge is 2.26. The highest BCUT2D eigenvalue weighted by molar-refractivity contribution is 6.05. The molecule has 2 aromatic rings. The summed E-state index contributed by atoms with van der Waals surface area (Å²) in [5, 5.41) is 9.12. The van der Waals surface area contributed by atoms with Crippen LogP contribution in [0.2, 0.25) is 0 Å². The van der Waals surface area contributed by atoms with E-state index in [1.54, 1.807) is 10.9 Å². The molecule has 0 atom stereocenters. The Labute approximate surface area is 172 Å². The molecule has 1 saturated carbocycles. The van der Waals surface area contributed by atoms with Crippen LogP contribution in [0, 0.1) is 12.8 Å². The van der Waals surface area contributed by atoms with E-state index < -0.39 is 0 Å². The fourth-order valence-corrected chi connectivity index (χ4v) is 4.95. The van der Waals surface area contributed by atoms with Crippen molar-refractivity contribution in [1.29, 1.82) is 0 Å². The molecule has 2 aromatic heterocycles. The lowest BCUT2D eigenvalue weighted by Crippen LogP contribution is -2.41. The van der Waals surface area contributed by atoms with Crippen LogP contribution in [-0.4, -0.2) is 57.9 Å². The molecule has 7 nitrogen and oxygen atoms in total. The van der Waals surface area contributed by atoms with Gasteiger partial charge in [0.05, 0.1) is 23.4 Å². The first kappa shape index (κ1) is 20.1. The van der Waals surface area contributed by atoms with Crippen molar-refractivity contribution >= 4 is 22.7 Å². The molecule has 1 aliphatic carbocycles. The SMILES string of the molecule is CCOC(=O)c1cnc2c(c(C)nn2C)c1NC1CCN(CC2CCCC2)CC1. The highest BCUT2D eigenvalue weighted by Crippen LogP contribution is 2.32. The van der Waals surface area contributed by atoms with Gasteiger partial charge in [0.25, 0.3) is 0 Å². The molecule has 158 valence electrons. The van der Waals surface area contributed by atoms with Crippen molar-refractivity contribution in [3.8, 4) is 0 Å². The maximum atomic E-state index is 12.6. The lowest BCUT2D eigenvalue weighted by atomic mass is 10.0. The van der Waals surface area contributed by atoms with Gasteiger partial charge in [-0.3, -0.25) is 4.68 Å². The molecular weight excluding hydrogens is 366 g/mol. The number of piperidine rings is 1. The van der Waals surface area contributed by atoms with Crippen LogP contribution in [-0.2, 0) is 11.8 Å². The van der Waals surface area contributed by atoms with Crippen LogP contribution in [0.5, 0.6) is 0 Å². The second kappa shape index (κ2) is 8.69. The molecule has 29 heavy (non-hydrogen) atoms. The maximum Gasteiger partial charge on any atom is 0.341 e. The van der Waals surface area contributed by atoms with Crippen molar-refractivity contribution in [1.82, 2.24) is 19.7 Å². The predicted molar refractivity (Wildman–Crippen MR) is 114 cm³/mol. The average molecular weight is 400 g/mol. The number of aromatic nitrogens is 3. The minimum atomic E-state index is -0.327. The number of carbonyl (C=O) groups excluding carboxylic acids is 1. The molecule has 1 N–H and O–H groups in total. The molecule has 0 amide bonds. The Balaban J connectivity index is 1.52. The second-order valence-electron chi connectivity index (χ2n) is 8.54. The zero-order valence-electron chi connectivity index (χ0n) is 17.9. The molecule has 0 spiro atoms. The average Bonchev–Trinajstić information content (AvgIpc) is 3.31. The molecule has 1 aliphatic heterocycles. The van der Waals surface area contributed by atoms with Crippen LogP contribution < -0.4 is 5.32 Å². The number of carbonyl (C=O) groups is 1. The van der Waals surface area contributed by atoms with E-state index in [2.05, 4.69) is 20.3 Å². The van der Waals surface area contributed by atoms with E-state index in [9.17, 15) is 4.79 Å². The number of hydrogen-bond acceptors (Lipinski definition) is 6. The van der Waals surface area contributed by atoms with Crippen LogP contribution in [0.25, 0.3) is 11.0 Å². The Morgan fingerprint density at radius 2 is 1.97 bits per heavy atom. The number of nitrogens with one attached hydrogen (secondary N) is 1. The summed E-state index contributed by atoms with van der Waals surface area (Å²) in [4.78, 5) is 19.7. The molecule has 0 radical (unpaired) electrons. The van der Waals surface area contributed by atoms with Gasteiger partial charge < -0.3 is 15.0 Å². The van der Waals surface area contributed by atoms with Crippen molar-refractivity contribution in [3.63, 3.8) is 0 Å². The molecule has 0 bridgehead atoms. The number of anilines is 1. The third kappa shape index (κ3) is 4.25. The first-order valence-electron chi connectivity index (χ1n) is 11.0. The van der Waals surface area contributed by atoms with E-state index in [0.29, 0.717) is 18.2 Å². The minimum absolute atomic E-state index is 0.327. The van der Waals surface area contributed by atoms with Gasteiger partial charge in [0.2, 0.25) is 0 Å². The lowest BCUT2D eigenvalue weighted by molar-refractivity contribution is 0.0527. The zero-order chi connectivity index (χ0) is 20.4. The molecule has 0 aromatic carbocycles. The topological polar surface area (TPSA) is 72.3 Å². The summed E-state index contributed by atoms with van der Waals surface area (Å²) in [6, 6.07) is 0.341. The van der Waals surface area contributed by atoms with E-state index in [0.717, 1.165) is 54.3 Å². The quantitative estimate of drug-likeness (QED) is 0.750. The standard InChI is InChI=1S/C22H33N5O2/c1-4-29-22(28)18-13-23-21-19(15(2)25-26(21)3)20(18)24-17-9-11-27(12-10-17)14-16-7-5-6-8-16/h13,16-17H,4-12,14H2,1-3H3,(H,23,24). The predicted octanol–water partition coefficient (Wildman–Crippen LogP) is 3.52. The van der Waals surface area contributed by atoms with Crippen molar-refractivity contribution in [2.75, 3.05) is 31.6 Å². The Bertz CT molecular complexity index is 864. The summed E-state index contributed by atoms with van der Waals surface area (Å²) in [7, 11) is 1.89. The molecule has 0 unspecified atom stereocenters. The normalized spacial score (nSPS) is 19.1. The summed E-state index contributed by atoms with van der Waals surface area (Å²) in [5.74, 6) is 0.569. The van der Waals surface area contributed by atoms with Gasteiger partial charge in [-0.15, -0.1) is 0 Å². The summed E-state index contributed by atoms with van der Waals surface area (Å²) in [6.45, 7) is 7.62. The summed E-state index contributed by atoms with van der Waals surface area (Å²) in [5.41, 5.74) is 3.00.